The van der Waals surface area contributed by atoms with Gasteiger partial charge in [0.2, 0.25) is 0 Å². The van der Waals surface area contributed by atoms with Gasteiger partial charge in [-0.2, -0.15) is 5.26 Å². The Morgan fingerprint density at radius 3 is 2.74 bits per heavy atom. The first-order valence-electron chi connectivity index (χ1n) is 7.05. The van der Waals surface area contributed by atoms with Gasteiger partial charge in [0, 0.05) is 12.7 Å². The van der Waals surface area contributed by atoms with E-state index in [9.17, 15) is 0 Å². The predicted octanol–water partition coefficient (Wildman–Crippen LogP) is 4.53. The van der Waals surface area contributed by atoms with Crippen molar-refractivity contribution < 1.29 is 0 Å². The van der Waals surface area contributed by atoms with Crippen molar-refractivity contribution in [3.8, 4) is 6.07 Å². The van der Waals surface area contributed by atoms with Crippen LogP contribution in [-0.2, 0) is 13.0 Å². The molecule has 0 aliphatic rings. The van der Waals surface area contributed by atoms with Crippen LogP contribution in [0.4, 0.5) is 0 Å². The molecule has 0 unspecified atom stereocenters. The third kappa shape index (κ3) is 2.98. The maximum absolute atomic E-state index is 9.05. The Morgan fingerprint density at radius 2 is 2.05 bits per heavy atom. The fourth-order valence-electron chi connectivity index (χ4n) is 2.56. The molecule has 0 fully saturated rings. The van der Waals surface area contributed by atoms with Crippen molar-refractivity contribution in [2.45, 2.75) is 46.6 Å². The normalized spacial score (nSPS) is 11.7. The summed E-state index contributed by atoms with van der Waals surface area (Å²) in [5, 5.41) is 10.4. The molecule has 2 nitrogen and oxygen atoms in total. The van der Waals surface area contributed by atoms with E-state index < -0.39 is 0 Å². The van der Waals surface area contributed by atoms with Gasteiger partial charge in [0.25, 0.3) is 0 Å². The van der Waals surface area contributed by atoms with E-state index in [1.807, 2.05) is 13.8 Å². The highest BCUT2D eigenvalue weighted by molar-refractivity contribution is 5.83. The SMILES string of the molecule is CCc1cccc2ccn(CCCC(C)(C)C#N)c12. The molecule has 0 amide bonds. The van der Waals surface area contributed by atoms with Crippen molar-refractivity contribution in [2.75, 3.05) is 0 Å². The standard InChI is InChI=1S/C17H22N2/c1-4-14-7-5-8-15-9-12-19(16(14)15)11-6-10-17(2,3)13-18/h5,7-9,12H,4,6,10-11H2,1-3H3. The van der Waals surface area contributed by atoms with E-state index in [1.54, 1.807) is 0 Å². The van der Waals surface area contributed by atoms with Crippen LogP contribution in [-0.4, -0.2) is 4.57 Å². The summed E-state index contributed by atoms with van der Waals surface area (Å²) in [4.78, 5) is 0. The van der Waals surface area contributed by atoms with Gasteiger partial charge in [-0.25, -0.2) is 0 Å². The number of aryl methyl sites for hydroxylation is 2. The van der Waals surface area contributed by atoms with Crippen LogP contribution in [0.5, 0.6) is 0 Å². The number of para-hydroxylation sites is 1. The van der Waals surface area contributed by atoms with E-state index in [2.05, 4.69) is 48.0 Å². The zero-order valence-electron chi connectivity index (χ0n) is 12.1. The van der Waals surface area contributed by atoms with Gasteiger partial charge in [-0.05, 0) is 50.1 Å². The number of aromatic nitrogens is 1. The molecule has 0 bridgehead atoms. The van der Waals surface area contributed by atoms with Crippen molar-refractivity contribution >= 4 is 10.9 Å². The van der Waals surface area contributed by atoms with Gasteiger partial charge in [-0.1, -0.05) is 25.1 Å². The molecule has 1 aromatic heterocycles. The smallest absolute Gasteiger partial charge is 0.0683 e. The zero-order valence-corrected chi connectivity index (χ0v) is 12.1. The van der Waals surface area contributed by atoms with Crippen LogP contribution in [0.15, 0.2) is 30.5 Å². The van der Waals surface area contributed by atoms with Gasteiger partial charge in [-0.3, -0.25) is 0 Å². The predicted molar refractivity (Wildman–Crippen MR) is 79.9 cm³/mol. The summed E-state index contributed by atoms with van der Waals surface area (Å²) in [5.74, 6) is 0. The number of hydrogen-bond acceptors (Lipinski definition) is 1. The molecule has 0 saturated carbocycles. The van der Waals surface area contributed by atoms with E-state index in [0.29, 0.717) is 0 Å². The van der Waals surface area contributed by atoms with Crippen molar-refractivity contribution in [1.82, 2.24) is 4.57 Å². The first kappa shape index (κ1) is 13.7. The molecule has 2 heteroatoms. The number of hydrogen-bond donors (Lipinski definition) is 0. The molecule has 0 radical (unpaired) electrons. The number of rotatable bonds is 5. The molecule has 0 atom stereocenters. The van der Waals surface area contributed by atoms with Gasteiger partial charge >= 0.3 is 0 Å². The summed E-state index contributed by atoms with van der Waals surface area (Å²) in [5.41, 5.74) is 2.55. The maximum Gasteiger partial charge on any atom is 0.0683 e. The van der Waals surface area contributed by atoms with E-state index in [4.69, 9.17) is 5.26 Å². The molecule has 2 rings (SSSR count). The van der Waals surface area contributed by atoms with Crippen molar-refractivity contribution in [3.05, 3.63) is 36.0 Å². The third-order valence-electron chi connectivity index (χ3n) is 3.76. The molecule has 0 aliphatic carbocycles. The van der Waals surface area contributed by atoms with Gasteiger partial charge in [0.15, 0.2) is 0 Å². The van der Waals surface area contributed by atoms with Crippen LogP contribution >= 0.6 is 0 Å². The molecule has 0 saturated heterocycles. The first-order chi connectivity index (χ1) is 9.07. The lowest BCUT2D eigenvalue weighted by Gasteiger charge is -2.15. The molecule has 0 N–H and O–H groups in total. The minimum atomic E-state index is -0.212. The summed E-state index contributed by atoms with van der Waals surface area (Å²) in [6, 6.07) is 11.1. The molecular weight excluding hydrogens is 232 g/mol. The zero-order chi connectivity index (χ0) is 13.9. The summed E-state index contributed by atoms with van der Waals surface area (Å²) in [6.07, 6.45) is 5.22. The molecule has 1 aromatic carbocycles. The Kier molecular flexibility index (Phi) is 3.95. The van der Waals surface area contributed by atoms with E-state index >= 15 is 0 Å². The van der Waals surface area contributed by atoms with Crippen LogP contribution in [0.25, 0.3) is 10.9 Å². The van der Waals surface area contributed by atoms with E-state index in [0.717, 1.165) is 25.8 Å². The quantitative estimate of drug-likeness (QED) is 0.770. The molecule has 0 aliphatic heterocycles. The Balaban J connectivity index is 2.16. The van der Waals surface area contributed by atoms with Gasteiger partial charge < -0.3 is 4.57 Å². The molecule has 1 heterocycles. The highest BCUT2D eigenvalue weighted by Gasteiger charge is 2.16. The average Bonchev–Trinajstić information content (AvgIpc) is 2.82. The first-order valence-corrected chi connectivity index (χ1v) is 7.05. The second-order valence-electron chi connectivity index (χ2n) is 5.82. The lowest BCUT2D eigenvalue weighted by molar-refractivity contribution is 0.418. The average molecular weight is 254 g/mol. The Bertz CT molecular complexity index is 599. The lowest BCUT2D eigenvalue weighted by atomic mass is 9.90. The monoisotopic (exact) mass is 254 g/mol. The summed E-state index contributed by atoms with van der Waals surface area (Å²) in [7, 11) is 0. The van der Waals surface area contributed by atoms with Crippen molar-refractivity contribution in [2.24, 2.45) is 5.41 Å². The molecule has 2 aromatic rings. The number of nitriles is 1. The minimum Gasteiger partial charge on any atom is -0.347 e. The Labute approximate surface area is 115 Å². The lowest BCUT2D eigenvalue weighted by Crippen LogP contribution is -2.09. The molecule has 19 heavy (non-hydrogen) atoms. The van der Waals surface area contributed by atoms with Crippen LogP contribution in [0, 0.1) is 16.7 Å². The van der Waals surface area contributed by atoms with Crippen molar-refractivity contribution in [1.29, 1.82) is 5.26 Å². The van der Waals surface area contributed by atoms with E-state index in [-0.39, 0.29) is 5.41 Å². The number of benzene rings is 1. The summed E-state index contributed by atoms with van der Waals surface area (Å²) in [6.45, 7) is 7.22. The van der Waals surface area contributed by atoms with E-state index in [1.165, 1.54) is 16.5 Å². The third-order valence-corrected chi connectivity index (χ3v) is 3.76. The van der Waals surface area contributed by atoms with Crippen LogP contribution in [0.3, 0.4) is 0 Å². The highest BCUT2D eigenvalue weighted by Crippen LogP contribution is 2.24. The maximum atomic E-state index is 9.05. The fraction of sp³-hybridized carbons (Fsp3) is 0.471. The summed E-state index contributed by atoms with van der Waals surface area (Å²) < 4.78 is 2.33. The van der Waals surface area contributed by atoms with Crippen LogP contribution < -0.4 is 0 Å². The van der Waals surface area contributed by atoms with Gasteiger partial charge in [0.05, 0.1) is 17.0 Å². The Hall–Kier alpha value is -1.75. The topological polar surface area (TPSA) is 28.7 Å². The van der Waals surface area contributed by atoms with Crippen molar-refractivity contribution in [3.63, 3.8) is 0 Å². The Morgan fingerprint density at radius 1 is 1.26 bits per heavy atom. The van der Waals surface area contributed by atoms with Gasteiger partial charge in [0.1, 0.15) is 0 Å². The molecular formula is C17H22N2. The van der Waals surface area contributed by atoms with Crippen LogP contribution in [0.1, 0.15) is 39.2 Å². The molecule has 100 valence electrons. The fourth-order valence-corrected chi connectivity index (χ4v) is 2.56. The number of fused-ring (bicyclic) bond motifs is 1. The largest absolute Gasteiger partial charge is 0.347 e. The van der Waals surface area contributed by atoms with Gasteiger partial charge in [-0.15, -0.1) is 0 Å². The second kappa shape index (κ2) is 5.48. The second-order valence-corrected chi connectivity index (χ2v) is 5.82. The highest BCUT2D eigenvalue weighted by atomic mass is 14.9. The number of nitrogens with zero attached hydrogens (tertiary/aromatic N) is 2. The van der Waals surface area contributed by atoms with Crippen LogP contribution in [0.2, 0.25) is 0 Å². The summed E-state index contributed by atoms with van der Waals surface area (Å²) >= 11 is 0. The minimum absolute atomic E-state index is 0.212. The molecule has 0 spiro atoms.